The van der Waals surface area contributed by atoms with Crippen LogP contribution in [-0.4, -0.2) is 32.6 Å². The second-order valence-electron chi connectivity index (χ2n) is 6.56. The lowest BCUT2D eigenvalue weighted by Crippen LogP contribution is -2.37. The Bertz CT molecular complexity index is 670. The van der Waals surface area contributed by atoms with E-state index in [1.165, 1.54) is 6.07 Å². The van der Waals surface area contributed by atoms with E-state index in [-0.39, 0.29) is 11.7 Å². The van der Waals surface area contributed by atoms with Gasteiger partial charge in [0.2, 0.25) is 0 Å². The molecule has 0 aliphatic carbocycles. The summed E-state index contributed by atoms with van der Waals surface area (Å²) in [5, 5.41) is 10.6. The summed E-state index contributed by atoms with van der Waals surface area (Å²) in [5.74, 6) is 0.761. The molecular weight excluding hydrogens is 293 g/mol. The van der Waals surface area contributed by atoms with E-state index in [2.05, 4.69) is 9.88 Å². The third-order valence-electron chi connectivity index (χ3n) is 4.74. The van der Waals surface area contributed by atoms with Crippen LogP contribution in [0.15, 0.2) is 30.6 Å². The van der Waals surface area contributed by atoms with Crippen LogP contribution < -0.4 is 0 Å². The number of hydrogen-bond donors (Lipinski definition) is 1. The Morgan fingerprint density at radius 3 is 2.96 bits per heavy atom. The number of likely N-dealkylation sites (tertiary alicyclic amines) is 1. The number of halogens is 1. The van der Waals surface area contributed by atoms with E-state index in [0.717, 1.165) is 43.9 Å². The van der Waals surface area contributed by atoms with Crippen molar-refractivity contribution < 1.29 is 9.50 Å². The Morgan fingerprint density at radius 1 is 1.43 bits per heavy atom. The van der Waals surface area contributed by atoms with Crippen LogP contribution in [0.4, 0.5) is 4.39 Å². The number of benzene rings is 1. The largest absolute Gasteiger partial charge is 0.385 e. The van der Waals surface area contributed by atoms with Gasteiger partial charge >= 0.3 is 0 Å². The molecule has 1 fully saturated rings. The van der Waals surface area contributed by atoms with Crippen LogP contribution in [0.5, 0.6) is 0 Å². The highest BCUT2D eigenvalue weighted by Gasteiger charge is 2.29. The molecule has 2 heterocycles. The first-order valence-electron chi connectivity index (χ1n) is 8.17. The summed E-state index contributed by atoms with van der Waals surface area (Å²) in [5.41, 5.74) is 1.81. The fraction of sp³-hybridized carbons (Fsp3) is 0.500. The standard InChI is InChI=1S/C18H24FN3O/c1-13-10-14(5-6-16(13)19)11-22-8-3-4-15(12-22)17(23)18-20-7-9-21(18)2/h5-7,9-10,15,17,23H,3-4,8,11-12H2,1-2H3. The first-order chi connectivity index (χ1) is 11.0. The van der Waals surface area contributed by atoms with Gasteiger partial charge < -0.3 is 9.67 Å². The van der Waals surface area contributed by atoms with Gasteiger partial charge in [0.05, 0.1) is 0 Å². The molecule has 1 aliphatic heterocycles. The molecule has 0 spiro atoms. The van der Waals surface area contributed by atoms with Crippen molar-refractivity contribution in [3.05, 3.63) is 53.4 Å². The number of aliphatic hydroxyl groups excluding tert-OH is 1. The molecule has 1 aromatic heterocycles. The summed E-state index contributed by atoms with van der Waals surface area (Å²) in [4.78, 5) is 6.61. The summed E-state index contributed by atoms with van der Waals surface area (Å²) >= 11 is 0. The van der Waals surface area contributed by atoms with Crippen LogP contribution in [0, 0.1) is 18.7 Å². The quantitative estimate of drug-likeness (QED) is 0.943. The summed E-state index contributed by atoms with van der Waals surface area (Å²) in [7, 11) is 1.91. The van der Waals surface area contributed by atoms with Gasteiger partial charge in [0.25, 0.3) is 0 Å². The molecule has 5 heteroatoms. The lowest BCUT2D eigenvalue weighted by Gasteiger charge is -2.35. The molecule has 0 bridgehead atoms. The number of nitrogens with zero attached hydrogens (tertiary/aromatic N) is 3. The first-order valence-corrected chi connectivity index (χ1v) is 8.17. The number of aryl methyl sites for hydroxylation is 2. The van der Waals surface area contributed by atoms with Gasteiger partial charge in [-0.25, -0.2) is 9.37 Å². The number of aliphatic hydroxyl groups is 1. The molecule has 3 rings (SSSR count). The lowest BCUT2D eigenvalue weighted by atomic mass is 9.91. The van der Waals surface area contributed by atoms with Crippen LogP contribution in [0.25, 0.3) is 0 Å². The Kier molecular flexibility index (Phi) is 4.78. The zero-order valence-electron chi connectivity index (χ0n) is 13.7. The topological polar surface area (TPSA) is 41.3 Å². The Hall–Kier alpha value is -1.72. The smallest absolute Gasteiger partial charge is 0.137 e. The van der Waals surface area contributed by atoms with Crippen molar-refractivity contribution in [2.75, 3.05) is 13.1 Å². The van der Waals surface area contributed by atoms with Crippen molar-refractivity contribution in [2.24, 2.45) is 13.0 Å². The van der Waals surface area contributed by atoms with Gasteiger partial charge in [0.1, 0.15) is 17.7 Å². The van der Waals surface area contributed by atoms with Gasteiger partial charge in [-0.15, -0.1) is 0 Å². The molecule has 124 valence electrons. The molecule has 2 atom stereocenters. The van der Waals surface area contributed by atoms with E-state index < -0.39 is 6.10 Å². The maximum Gasteiger partial charge on any atom is 0.137 e. The van der Waals surface area contributed by atoms with Crippen molar-refractivity contribution in [1.29, 1.82) is 0 Å². The lowest BCUT2D eigenvalue weighted by molar-refractivity contribution is 0.0404. The molecule has 23 heavy (non-hydrogen) atoms. The maximum absolute atomic E-state index is 13.4. The summed E-state index contributed by atoms with van der Waals surface area (Å²) < 4.78 is 15.3. The number of imidazole rings is 1. The molecule has 1 aliphatic rings. The molecule has 1 aromatic carbocycles. The van der Waals surface area contributed by atoms with Crippen LogP contribution in [0.3, 0.4) is 0 Å². The minimum atomic E-state index is -0.534. The average Bonchev–Trinajstić information content (AvgIpc) is 2.96. The third kappa shape index (κ3) is 3.62. The molecule has 1 N–H and O–H groups in total. The summed E-state index contributed by atoms with van der Waals surface area (Å²) in [6, 6.07) is 5.30. The second-order valence-corrected chi connectivity index (χ2v) is 6.56. The van der Waals surface area contributed by atoms with Crippen molar-refractivity contribution in [1.82, 2.24) is 14.5 Å². The molecule has 0 saturated carbocycles. The number of aromatic nitrogens is 2. The highest BCUT2D eigenvalue weighted by atomic mass is 19.1. The summed E-state index contributed by atoms with van der Waals surface area (Å²) in [6.07, 6.45) is 5.12. The molecular formula is C18H24FN3O. The minimum absolute atomic E-state index is 0.157. The van der Waals surface area contributed by atoms with Crippen molar-refractivity contribution in [3.8, 4) is 0 Å². The van der Waals surface area contributed by atoms with Crippen molar-refractivity contribution in [3.63, 3.8) is 0 Å². The monoisotopic (exact) mass is 317 g/mol. The van der Waals surface area contributed by atoms with Crippen LogP contribution >= 0.6 is 0 Å². The molecule has 1 saturated heterocycles. The van der Waals surface area contributed by atoms with Crippen molar-refractivity contribution in [2.45, 2.75) is 32.4 Å². The zero-order valence-corrected chi connectivity index (χ0v) is 13.7. The summed E-state index contributed by atoms with van der Waals surface area (Å²) in [6.45, 7) is 4.44. The number of rotatable bonds is 4. The molecule has 0 radical (unpaired) electrons. The second kappa shape index (κ2) is 6.81. The van der Waals surface area contributed by atoms with Crippen LogP contribution in [0.2, 0.25) is 0 Å². The predicted octanol–water partition coefficient (Wildman–Crippen LogP) is 2.81. The van der Waals surface area contributed by atoms with E-state index in [4.69, 9.17) is 0 Å². The number of piperidine rings is 1. The Labute approximate surface area is 136 Å². The van der Waals surface area contributed by atoms with E-state index in [1.807, 2.05) is 29.9 Å². The molecule has 2 unspecified atom stereocenters. The van der Waals surface area contributed by atoms with Crippen LogP contribution in [0.1, 0.15) is 35.9 Å². The fourth-order valence-electron chi connectivity index (χ4n) is 3.43. The molecule has 0 amide bonds. The Balaban J connectivity index is 1.66. The van der Waals surface area contributed by atoms with Gasteiger partial charge in [-0.3, -0.25) is 4.90 Å². The fourth-order valence-corrected chi connectivity index (χ4v) is 3.43. The Morgan fingerprint density at radius 2 is 2.26 bits per heavy atom. The average molecular weight is 317 g/mol. The SMILES string of the molecule is Cc1cc(CN2CCCC(C(O)c3nccn3C)C2)ccc1F. The van der Waals surface area contributed by atoms with E-state index in [1.54, 1.807) is 13.1 Å². The highest BCUT2D eigenvalue weighted by molar-refractivity contribution is 5.23. The van der Waals surface area contributed by atoms with Crippen LogP contribution in [-0.2, 0) is 13.6 Å². The number of hydrogen-bond acceptors (Lipinski definition) is 3. The predicted molar refractivity (Wildman–Crippen MR) is 87.3 cm³/mol. The van der Waals surface area contributed by atoms with Gasteiger partial charge in [-0.05, 0) is 43.5 Å². The van der Waals surface area contributed by atoms with E-state index >= 15 is 0 Å². The van der Waals surface area contributed by atoms with Crippen molar-refractivity contribution >= 4 is 0 Å². The van der Waals surface area contributed by atoms with Gasteiger partial charge in [0, 0.05) is 38.4 Å². The van der Waals surface area contributed by atoms with E-state index in [0.29, 0.717) is 5.56 Å². The zero-order chi connectivity index (χ0) is 16.4. The molecule has 4 nitrogen and oxygen atoms in total. The van der Waals surface area contributed by atoms with E-state index in [9.17, 15) is 9.50 Å². The maximum atomic E-state index is 13.4. The first kappa shape index (κ1) is 16.1. The van der Waals surface area contributed by atoms with Gasteiger partial charge in [0.15, 0.2) is 0 Å². The highest BCUT2D eigenvalue weighted by Crippen LogP contribution is 2.29. The minimum Gasteiger partial charge on any atom is -0.385 e. The van der Waals surface area contributed by atoms with Gasteiger partial charge in [-0.1, -0.05) is 12.1 Å². The normalized spacial score (nSPS) is 20.6. The third-order valence-corrected chi connectivity index (χ3v) is 4.74. The molecule has 2 aromatic rings. The van der Waals surface area contributed by atoms with Gasteiger partial charge in [-0.2, -0.15) is 0 Å².